The van der Waals surface area contributed by atoms with Crippen molar-refractivity contribution >= 4 is 17.4 Å². The van der Waals surface area contributed by atoms with E-state index in [2.05, 4.69) is 6.92 Å². The van der Waals surface area contributed by atoms with Gasteiger partial charge >= 0.3 is 0 Å². The van der Waals surface area contributed by atoms with Gasteiger partial charge < -0.3 is 4.74 Å². The smallest absolute Gasteiger partial charge is 0.169 e. The number of carbonyl (C=O) groups is 1. The maximum atomic E-state index is 12.0. The summed E-state index contributed by atoms with van der Waals surface area (Å²) in [5.74, 6) is 1.43. The van der Waals surface area contributed by atoms with E-state index in [4.69, 9.17) is 16.3 Å². The van der Waals surface area contributed by atoms with Crippen molar-refractivity contribution in [1.29, 1.82) is 0 Å². The first-order chi connectivity index (χ1) is 7.13. The minimum Gasteiger partial charge on any atom is -0.496 e. The number of Topliss-reactive ketones (excluding diaryl/α,β-unsaturated/α-hetero) is 1. The van der Waals surface area contributed by atoms with Gasteiger partial charge in [-0.25, -0.2) is 0 Å². The van der Waals surface area contributed by atoms with Gasteiger partial charge in [0.25, 0.3) is 0 Å². The molecular formula is C12H13ClO2. The van der Waals surface area contributed by atoms with Crippen LogP contribution < -0.4 is 4.74 Å². The van der Waals surface area contributed by atoms with E-state index in [1.165, 1.54) is 0 Å². The van der Waals surface area contributed by atoms with Crippen LogP contribution >= 0.6 is 11.6 Å². The van der Waals surface area contributed by atoms with Gasteiger partial charge in [-0.1, -0.05) is 18.5 Å². The van der Waals surface area contributed by atoms with Crippen molar-refractivity contribution in [2.45, 2.75) is 13.3 Å². The summed E-state index contributed by atoms with van der Waals surface area (Å²) in [5, 5.41) is 0.576. The summed E-state index contributed by atoms with van der Waals surface area (Å²) in [6.07, 6.45) is 0.981. The van der Waals surface area contributed by atoms with Crippen molar-refractivity contribution in [3.63, 3.8) is 0 Å². The number of ketones is 1. The predicted octanol–water partition coefficient (Wildman–Crippen LogP) is 3.19. The molecule has 3 heteroatoms. The molecule has 1 aliphatic carbocycles. The highest BCUT2D eigenvalue weighted by Gasteiger charge is 2.40. The number of ether oxygens (including phenoxy) is 1. The van der Waals surface area contributed by atoms with Crippen LogP contribution in [-0.2, 0) is 0 Å². The fraction of sp³-hybridized carbons (Fsp3) is 0.417. The van der Waals surface area contributed by atoms with Crippen molar-refractivity contribution in [3.05, 3.63) is 28.8 Å². The molecule has 0 heterocycles. The van der Waals surface area contributed by atoms with Gasteiger partial charge in [0.15, 0.2) is 5.78 Å². The fourth-order valence-electron chi connectivity index (χ4n) is 1.76. The Hall–Kier alpha value is -1.02. The number of hydrogen-bond acceptors (Lipinski definition) is 2. The van der Waals surface area contributed by atoms with E-state index in [0.717, 1.165) is 6.42 Å². The predicted molar refractivity (Wildman–Crippen MR) is 59.6 cm³/mol. The van der Waals surface area contributed by atoms with Crippen LogP contribution in [0.5, 0.6) is 5.75 Å². The van der Waals surface area contributed by atoms with Crippen LogP contribution in [-0.4, -0.2) is 12.9 Å². The first kappa shape index (κ1) is 10.5. The SMILES string of the molecule is COc1ccc(Cl)cc1C(=O)C1CC1C. The molecule has 2 atom stereocenters. The van der Waals surface area contributed by atoms with E-state index in [1.54, 1.807) is 25.3 Å². The maximum Gasteiger partial charge on any atom is 0.169 e. The molecule has 0 spiro atoms. The Balaban J connectivity index is 2.33. The highest BCUT2D eigenvalue weighted by Crippen LogP contribution is 2.42. The fourth-order valence-corrected chi connectivity index (χ4v) is 1.93. The zero-order chi connectivity index (χ0) is 11.0. The van der Waals surface area contributed by atoms with Gasteiger partial charge in [-0.15, -0.1) is 0 Å². The van der Waals surface area contributed by atoms with Crippen LogP contribution in [0.25, 0.3) is 0 Å². The average Bonchev–Trinajstić information content (AvgIpc) is 2.94. The molecule has 80 valence electrons. The Morgan fingerprint density at radius 2 is 2.20 bits per heavy atom. The lowest BCUT2D eigenvalue weighted by atomic mass is 10.1. The summed E-state index contributed by atoms with van der Waals surface area (Å²) in [6, 6.07) is 5.16. The zero-order valence-corrected chi connectivity index (χ0v) is 9.54. The number of rotatable bonds is 3. The van der Waals surface area contributed by atoms with Crippen LogP contribution in [0.2, 0.25) is 5.02 Å². The number of benzene rings is 1. The zero-order valence-electron chi connectivity index (χ0n) is 8.79. The summed E-state index contributed by atoms with van der Waals surface area (Å²) >= 11 is 5.87. The normalized spacial score (nSPS) is 23.7. The van der Waals surface area contributed by atoms with Crippen molar-refractivity contribution < 1.29 is 9.53 Å². The van der Waals surface area contributed by atoms with E-state index in [9.17, 15) is 4.79 Å². The van der Waals surface area contributed by atoms with Gasteiger partial charge in [-0.05, 0) is 30.5 Å². The lowest BCUT2D eigenvalue weighted by molar-refractivity contribution is 0.0959. The molecule has 0 bridgehead atoms. The first-order valence-corrected chi connectivity index (χ1v) is 5.39. The van der Waals surface area contributed by atoms with Gasteiger partial charge in [0.1, 0.15) is 5.75 Å². The summed E-state index contributed by atoms with van der Waals surface area (Å²) in [4.78, 5) is 12.0. The largest absolute Gasteiger partial charge is 0.496 e. The molecule has 0 aliphatic heterocycles. The van der Waals surface area contributed by atoms with Crippen LogP contribution in [0.1, 0.15) is 23.7 Å². The van der Waals surface area contributed by atoms with Crippen molar-refractivity contribution in [1.82, 2.24) is 0 Å². The molecular weight excluding hydrogens is 212 g/mol. The molecule has 1 aromatic rings. The lowest BCUT2D eigenvalue weighted by Gasteiger charge is -2.07. The van der Waals surface area contributed by atoms with Crippen LogP contribution in [0.4, 0.5) is 0 Å². The molecule has 1 fully saturated rings. The van der Waals surface area contributed by atoms with Gasteiger partial charge in [0.2, 0.25) is 0 Å². The Morgan fingerprint density at radius 3 is 2.73 bits per heavy atom. The number of hydrogen-bond donors (Lipinski definition) is 0. The summed E-state index contributed by atoms with van der Waals surface area (Å²) < 4.78 is 5.16. The Labute approximate surface area is 94.2 Å². The molecule has 0 saturated heterocycles. The Bertz CT molecular complexity index is 401. The quantitative estimate of drug-likeness (QED) is 0.738. The van der Waals surface area contributed by atoms with Gasteiger partial charge in [0, 0.05) is 10.9 Å². The standard InChI is InChI=1S/C12H13ClO2/c1-7-5-9(7)12(14)10-6-8(13)3-4-11(10)15-2/h3-4,6-7,9H,5H2,1-2H3. The molecule has 15 heavy (non-hydrogen) atoms. The van der Waals surface area contributed by atoms with Crippen molar-refractivity contribution in [2.75, 3.05) is 7.11 Å². The molecule has 2 nitrogen and oxygen atoms in total. The molecule has 1 saturated carbocycles. The molecule has 0 N–H and O–H groups in total. The van der Waals surface area contributed by atoms with Gasteiger partial charge in [-0.2, -0.15) is 0 Å². The number of methoxy groups -OCH3 is 1. The lowest BCUT2D eigenvalue weighted by Crippen LogP contribution is -2.05. The van der Waals surface area contributed by atoms with E-state index in [0.29, 0.717) is 22.3 Å². The van der Waals surface area contributed by atoms with E-state index >= 15 is 0 Å². The van der Waals surface area contributed by atoms with E-state index in [1.807, 2.05) is 0 Å². The highest BCUT2D eigenvalue weighted by atomic mass is 35.5. The monoisotopic (exact) mass is 224 g/mol. The van der Waals surface area contributed by atoms with Crippen molar-refractivity contribution in [3.8, 4) is 5.75 Å². The molecule has 1 aliphatic rings. The highest BCUT2D eigenvalue weighted by molar-refractivity contribution is 6.31. The summed E-state index contributed by atoms with van der Waals surface area (Å²) in [6.45, 7) is 2.08. The van der Waals surface area contributed by atoms with Crippen LogP contribution in [0.3, 0.4) is 0 Å². The summed E-state index contributed by atoms with van der Waals surface area (Å²) in [5.41, 5.74) is 0.611. The molecule has 0 radical (unpaired) electrons. The van der Waals surface area contributed by atoms with Crippen molar-refractivity contribution in [2.24, 2.45) is 11.8 Å². The number of halogens is 1. The molecule has 2 unspecified atom stereocenters. The minimum absolute atomic E-state index is 0.154. The number of carbonyl (C=O) groups excluding carboxylic acids is 1. The molecule has 0 aromatic heterocycles. The maximum absolute atomic E-state index is 12.0. The second kappa shape index (κ2) is 3.86. The summed E-state index contributed by atoms with van der Waals surface area (Å²) in [7, 11) is 1.57. The third-order valence-corrected chi connectivity index (χ3v) is 3.11. The molecule has 1 aromatic carbocycles. The topological polar surface area (TPSA) is 26.3 Å². The minimum atomic E-state index is 0.154. The Kier molecular flexibility index (Phi) is 2.70. The molecule has 0 amide bonds. The van der Waals surface area contributed by atoms with Crippen LogP contribution in [0, 0.1) is 11.8 Å². The average molecular weight is 225 g/mol. The second-order valence-corrected chi connectivity index (χ2v) is 4.46. The third-order valence-electron chi connectivity index (χ3n) is 2.87. The van der Waals surface area contributed by atoms with Gasteiger partial charge in [-0.3, -0.25) is 4.79 Å². The third kappa shape index (κ3) is 2.00. The first-order valence-electron chi connectivity index (χ1n) is 5.01. The van der Waals surface area contributed by atoms with E-state index < -0.39 is 0 Å². The van der Waals surface area contributed by atoms with Gasteiger partial charge in [0.05, 0.1) is 12.7 Å². The van der Waals surface area contributed by atoms with Crippen LogP contribution in [0.15, 0.2) is 18.2 Å². The Morgan fingerprint density at radius 1 is 1.53 bits per heavy atom. The second-order valence-electron chi connectivity index (χ2n) is 4.03. The molecule has 2 rings (SSSR count). The van der Waals surface area contributed by atoms with E-state index in [-0.39, 0.29) is 11.7 Å².